The van der Waals surface area contributed by atoms with Crippen molar-refractivity contribution in [1.82, 2.24) is 4.90 Å². The number of fused-ring (bicyclic) bond motifs is 2. The first-order valence-electron chi connectivity index (χ1n) is 5.82. The Morgan fingerprint density at radius 3 is 2.87 bits per heavy atom. The number of aryl methyl sites for hydroxylation is 1. The van der Waals surface area contributed by atoms with Gasteiger partial charge in [-0.15, -0.1) is 0 Å². The summed E-state index contributed by atoms with van der Waals surface area (Å²) in [5, 5.41) is 0. The van der Waals surface area contributed by atoms with Crippen LogP contribution in [0, 0.1) is 0 Å². The third kappa shape index (κ3) is 1.51. The van der Waals surface area contributed by atoms with E-state index in [1.165, 1.54) is 37.9 Å². The van der Waals surface area contributed by atoms with Crippen molar-refractivity contribution in [3.8, 4) is 0 Å². The van der Waals surface area contributed by atoms with Gasteiger partial charge in [-0.1, -0.05) is 29.8 Å². The molecule has 0 saturated heterocycles. The number of benzene rings is 1. The quantitative estimate of drug-likeness (QED) is 0.621. The summed E-state index contributed by atoms with van der Waals surface area (Å²) in [5.41, 5.74) is 6.42. The maximum atomic E-state index is 2.44. The molecule has 0 spiro atoms. The second-order valence-corrected chi connectivity index (χ2v) is 4.73. The Hall–Kier alpha value is -1.08. The molecule has 1 aliphatic carbocycles. The lowest BCUT2D eigenvalue weighted by molar-refractivity contribution is 0.353. The summed E-state index contributed by atoms with van der Waals surface area (Å²) in [6.45, 7) is 2.40. The Labute approximate surface area is 91.4 Å². The zero-order valence-corrected chi connectivity index (χ0v) is 9.29. The van der Waals surface area contributed by atoms with Crippen molar-refractivity contribution in [2.24, 2.45) is 0 Å². The van der Waals surface area contributed by atoms with E-state index in [9.17, 15) is 0 Å². The van der Waals surface area contributed by atoms with Gasteiger partial charge in [0.25, 0.3) is 0 Å². The Balaban J connectivity index is 2.08. The minimum atomic E-state index is 1.18. The highest BCUT2D eigenvalue weighted by atomic mass is 15.1. The van der Waals surface area contributed by atoms with E-state index in [2.05, 4.69) is 36.2 Å². The molecule has 0 aromatic heterocycles. The molecule has 0 unspecified atom stereocenters. The van der Waals surface area contributed by atoms with Gasteiger partial charge in [-0.3, -0.25) is 0 Å². The molecule has 78 valence electrons. The zero-order valence-electron chi connectivity index (χ0n) is 9.29. The molecule has 1 aromatic carbocycles. The van der Waals surface area contributed by atoms with Crippen molar-refractivity contribution in [3.05, 3.63) is 41.0 Å². The monoisotopic (exact) mass is 199 g/mol. The lowest BCUT2D eigenvalue weighted by atomic mass is 9.82. The first-order valence-corrected chi connectivity index (χ1v) is 5.82. The maximum absolute atomic E-state index is 2.44. The third-order valence-corrected chi connectivity index (χ3v) is 3.67. The number of hydrogen-bond acceptors (Lipinski definition) is 1. The van der Waals surface area contributed by atoms with Crippen LogP contribution >= 0.6 is 0 Å². The standard InChI is InChI=1S/C14H17N/c1-15-9-8-14-12(10-15)7-6-11-4-2-3-5-13(11)14/h2-5H,6-10H2,1H3. The second-order valence-electron chi connectivity index (χ2n) is 4.73. The van der Waals surface area contributed by atoms with E-state index in [0.29, 0.717) is 0 Å². The Kier molecular flexibility index (Phi) is 2.14. The van der Waals surface area contributed by atoms with E-state index >= 15 is 0 Å². The van der Waals surface area contributed by atoms with E-state index in [-0.39, 0.29) is 0 Å². The topological polar surface area (TPSA) is 3.24 Å². The highest BCUT2D eigenvalue weighted by Crippen LogP contribution is 2.35. The smallest absolute Gasteiger partial charge is 0.0196 e. The van der Waals surface area contributed by atoms with Gasteiger partial charge in [-0.2, -0.15) is 0 Å². The van der Waals surface area contributed by atoms with E-state index < -0.39 is 0 Å². The normalized spacial score (nSPS) is 21.1. The van der Waals surface area contributed by atoms with Crippen LogP contribution in [0.3, 0.4) is 0 Å². The van der Waals surface area contributed by atoms with Crippen LogP contribution < -0.4 is 0 Å². The second kappa shape index (κ2) is 3.49. The van der Waals surface area contributed by atoms with Gasteiger partial charge in [0.05, 0.1) is 0 Å². The molecule has 0 radical (unpaired) electrons. The molecule has 0 saturated carbocycles. The SMILES string of the molecule is CN1CCC2=C(CCc3ccccc32)C1. The van der Waals surface area contributed by atoms with Gasteiger partial charge in [0.2, 0.25) is 0 Å². The van der Waals surface area contributed by atoms with Gasteiger partial charge in [-0.25, -0.2) is 0 Å². The lowest BCUT2D eigenvalue weighted by Gasteiger charge is -2.32. The van der Waals surface area contributed by atoms with Gasteiger partial charge in [-0.05, 0) is 43.0 Å². The molecule has 1 nitrogen and oxygen atoms in total. The number of rotatable bonds is 0. The molecular weight excluding hydrogens is 182 g/mol. The molecule has 1 aromatic rings. The summed E-state index contributed by atoms with van der Waals surface area (Å²) in [6.07, 6.45) is 3.75. The first kappa shape index (κ1) is 9.17. The summed E-state index contributed by atoms with van der Waals surface area (Å²) in [7, 11) is 2.23. The van der Waals surface area contributed by atoms with Crippen molar-refractivity contribution in [2.75, 3.05) is 20.1 Å². The summed E-state index contributed by atoms with van der Waals surface area (Å²) in [4.78, 5) is 2.44. The fourth-order valence-electron chi connectivity index (χ4n) is 2.85. The molecule has 2 aliphatic rings. The van der Waals surface area contributed by atoms with Crippen LogP contribution in [-0.2, 0) is 6.42 Å². The number of hydrogen-bond donors (Lipinski definition) is 0. The summed E-state index contributed by atoms with van der Waals surface area (Å²) in [6, 6.07) is 8.93. The molecule has 15 heavy (non-hydrogen) atoms. The Morgan fingerprint density at radius 1 is 1.07 bits per heavy atom. The molecule has 3 rings (SSSR count). The average Bonchev–Trinajstić information content (AvgIpc) is 2.28. The van der Waals surface area contributed by atoms with Crippen LogP contribution in [0.4, 0.5) is 0 Å². The van der Waals surface area contributed by atoms with Crippen LogP contribution in [0.25, 0.3) is 5.57 Å². The van der Waals surface area contributed by atoms with Gasteiger partial charge >= 0.3 is 0 Å². The van der Waals surface area contributed by atoms with Crippen LogP contribution in [0.5, 0.6) is 0 Å². The van der Waals surface area contributed by atoms with Crippen molar-refractivity contribution in [1.29, 1.82) is 0 Å². The van der Waals surface area contributed by atoms with Crippen LogP contribution in [0.15, 0.2) is 29.8 Å². The molecular formula is C14H17N. The van der Waals surface area contributed by atoms with Crippen LogP contribution in [-0.4, -0.2) is 25.0 Å². The van der Waals surface area contributed by atoms with Crippen molar-refractivity contribution in [3.63, 3.8) is 0 Å². The highest BCUT2D eigenvalue weighted by molar-refractivity contribution is 5.74. The minimum Gasteiger partial charge on any atom is -0.302 e. The fourth-order valence-corrected chi connectivity index (χ4v) is 2.85. The van der Waals surface area contributed by atoms with Gasteiger partial charge in [0, 0.05) is 13.1 Å². The van der Waals surface area contributed by atoms with E-state index in [0.717, 1.165) is 0 Å². The number of nitrogens with zero attached hydrogens (tertiary/aromatic N) is 1. The molecule has 0 N–H and O–H groups in total. The number of likely N-dealkylation sites (N-methyl/N-ethyl adjacent to an activating group) is 1. The van der Waals surface area contributed by atoms with Gasteiger partial charge in [0.1, 0.15) is 0 Å². The van der Waals surface area contributed by atoms with Gasteiger partial charge < -0.3 is 4.90 Å². The van der Waals surface area contributed by atoms with Crippen molar-refractivity contribution < 1.29 is 0 Å². The molecule has 0 atom stereocenters. The zero-order chi connectivity index (χ0) is 10.3. The first-order chi connectivity index (χ1) is 7.34. The molecule has 0 amide bonds. The molecule has 0 fully saturated rings. The van der Waals surface area contributed by atoms with Crippen molar-refractivity contribution >= 4 is 5.57 Å². The summed E-state index contributed by atoms with van der Waals surface area (Å²) >= 11 is 0. The summed E-state index contributed by atoms with van der Waals surface area (Å²) in [5.74, 6) is 0. The minimum absolute atomic E-state index is 1.18. The van der Waals surface area contributed by atoms with Crippen LogP contribution in [0.1, 0.15) is 24.0 Å². The highest BCUT2D eigenvalue weighted by Gasteiger charge is 2.22. The largest absolute Gasteiger partial charge is 0.302 e. The maximum Gasteiger partial charge on any atom is 0.0196 e. The van der Waals surface area contributed by atoms with E-state index in [4.69, 9.17) is 0 Å². The molecule has 1 heterocycles. The predicted molar refractivity (Wildman–Crippen MR) is 63.8 cm³/mol. The Morgan fingerprint density at radius 2 is 1.93 bits per heavy atom. The predicted octanol–water partition coefficient (Wildman–Crippen LogP) is 2.72. The fraction of sp³-hybridized carbons (Fsp3) is 0.429. The van der Waals surface area contributed by atoms with E-state index in [1.807, 2.05) is 0 Å². The third-order valence-electron chi connectivity index (χ3n) is 3.67. The summed E-state index contributed by atoms with van der Waals surface area (Å²) < 4.78 is 0. The van der Waals surface area contributed by atoms with Gasteiger partial charge in [0.15, 0.2) is 0 Å². The lowest BCUT2D eigenvalue weighted by Crippen LogP contribution is -2.29. The molecule has 0 bridgehead atoms. The average molecular weight is 199 g/mol. The van der Waals surface area contributed by atoms with E-state index in [1.54, 1.807) is 16.7 Å². The van der Waals surface area contributed by atoms with Crippen molar-refractivity contribution in [2.45, 2.75) is 19.3 Å². The Bertz CT molecular complexity index is 417. The van der Waals surface area contributed by atoms with Crippen LogP contribution in [0.2, 0.25) is 0 Å². The molecule has 1 heteroatoms. The molecule has 1 aliphatic heterocycles.